The number of ether oxygens (including phenoxy) is 2. The van der Waals surface area contributed by atoms with Crippen LogP contribution < -0.4 is 5.73 Å². The van der Waals surface area contributed by atoms with Gasteiger partial charge in [0.2, 0.25) is 0 Å². The summed E-state index contributed by atoms with van der Waals surface area (Å²) in [6.07, 6.45) is 0. The van der Waals surface area contributed by atoms with Crippen molar-refractivity contribution in [1.82, 2.24) is 4.98 Å². The molecule has 0 amide bonds. The number of rotatable bonds is 4. The number of nitrogens with two attached hydrogens (primary N) is 1. The molecule has 1 unspecified atom stereocenters. The fourth-order valence-corrected chi connectivity index (χ4v) is 2.11. The Morgan fingerprint density at radius 3 is 2.80 bits per heavy atom. The molecule has 0 aromatic carbocycles. The molecule has 0 bridgehead atoms. The molecule has 2 N–H and O–H groups in total. The molecule has 0 saturated heterocycles. The van der Waals surface area contributed by atoms with E-state index in [0.717, 1.165) is 4.88 Å². The lowest BCUT2D eigenvalue weighted by Gasteiger charge is -2.08. The van der Waals surface area contributed by atoms with Crippen molar-refractivity contribution in [3.05, 3.63) is 10.6 Å². The molecule has 1 aromatic rings. The van der Waals surface area contributed by atoms with Crippen LogP contribution in [0.2, 0.25) is 0 Å². The molecular weight excluding hydrogens is 216 g/mol. The number of esters is 1. The van der Waals surface area contributed by atoms with Gasteiger partial charge in [0.25, 0.3) is 0 Å². The van der Waals surface area contributed by atoms with Crippen LogP contribution in [0.15, 0.2) is 0 Å². The Labute approximate surface area is 92.2 Å². The van der Waals surface area contributed by atoms with Crippen molar-refractivity contribution in [2.24, 2.45) is 0 Å². The third kappa shape index (κ3) is 2.66. The highest BCUT2D eigenvalue weighted by atomic mass is 32.1. The van der Waals surface area contributed by atoms with E-state index in [9.17, 15) is 4.79 Å². The van der Waals surface area contributed by atoms with E-state index in [2.05, 4.69) is 9.72 Å². The van der Waals surface area contributed by atoms with E-state index in [1.807, 2.05) is 6.92 Å². The van der Waals surface area contributed by atoms with Gasteiger partial charge in [-0.25, -0.2) is 9.78 Å². The number of carbonyl (C=O) groups is 1. The molecule has 1 aromatic heterocycles. The molecule has 1 rings (SSSR count). The van der Waals surface area contributed by atoms with Crippen LogP contribution in [0.4, 0.5) is 5.13 Å². The second-order valence-electron chi connectivity index (χ2n) is 3.11. The normalized spacial score (nSPS) is 12.5. The summed E-state index contributed by atoms with van der Waals surface area (Å²) < 4.78 is 9.65. The van der Waals surface area contributed by atoms with Crippen LogP contribution in [0, 0.1) is 0 Å². The third-order valence-electron chi connectivity index (χ3n) is 1.91. The van der Waals surface area contributed by atoms with E-state index >= 15 is 0 Å². The number of nitrogens with zero attached hydrogens (tertiary/aromatic N) is 1. The van der Waals surface area contributed by atoms with Crippen molar-refractivity contribution in [2.75, 3.05) is 26.6 Å². The minimum Gasteiger partial charge on any atom is -0.464 e. The SMILES string of the molecule is COCC(C)c1sc(N)nc1C(=O)OC. The smallest absolute Gasteiger partial charge is 0.357 e. The molecule has 0 radical (unpaired) electrons. The summed E-state index contributed by atoms with van der Waals surface area (Å²) in [5, 5.41) is 0.369. The highest BCUT2D eigenvalue weighted by Crippen LogP contribution is 2.28. The van der Waals surface area contributed by atoms with Crippen LogP contribution in [0.5, 0.6) is 0 Å². The van der Waals surface area contributed by atoms with Crippen LogP contribution in [0.1, 0.15) is 28.2 Å². The molecule has 5 nitrogen and oxygen atoms in total. The van der Waals surface area contributed by atoms with E-state index in [4.69, 9.17) is 10.5 Å². The molecule has 0 aliphatic carbocycles. The number of hydrogen-bond donors (Lipinski definition) is 1. The predicted molar refractivity (Wildman–Crippen MR) is 58.2 cm³/mol. The molecule has 15 heavy (non-hydrogen) atoms. The lowest BCUT2D eigenvalue weighted by atomic mass is 10.1. The van der Waals surface area contributed by atoms with Crippen LogP contribution in [-0.2, 0) is 9.47 Å². The highest BCUT2D eigenvalue weighted by molar-refractivity contribution is 7.15. The molecule has 84 valence electrons. The zero-order valence-corrected chi connectivity index (χ0v) is 9.76. The zero-order chi connectivity index (χ0) is 11.4. The Hall–Kier alpha value is -1.14. The second kappa shape index (κ2) is 5.09. The molecule has 0 spiro atoms. The lowest BCUT2D eigenvalue weighted by molar-refractivity contribution is 0.0592. The van der Waals surface area contributed by atoms with Crippen molar-refractivity contribution in [3.8, 4) is 0 Å². The van der Waals surface area contributed by atoms with Gasteiger partial charge in [-0.3, -0.25) is 0 Å². The largest absolute Gasteiger partial charge is 0.464 e. The number of carbonyl (C=O) groups excluding carboxylic acids is 1. The molecule has 0 aliphatic heterocycles. The topological polar surface area (TPSA) is 74.4 Å². The Morgan fingerprint density at radius 2 is 2.27 bits per heavy atom. The number of hydrogen-bond acceptors (Lipinski definition) is 6. The summed E-state index contributed by atoms with van der Waals surface area (Å²) in [6.45, 7) is 2.47. The molecule has 6 heteroatoms. The summed E-state index contributed by atoms with van der Waals surface area (Å²) in [4.78, 5) is 16.1. The molecule has 0 saturated carbocycles. The first-order valence-corrected chi connectivity index (χ1v) is 5.25. The van der Waals surface area contributed by atoms with E-state index in [0.29, 0.717) is 17.4 Å². The van der Waals surface area contributed by atoms with Gasteiger partial charge >= 0.3 is 5.97 Å². The predicted octanol–water partition coefficient (Wildman–Crippen LogP) is 1.26. The van der Waals surface area contributed by atoms with E-state index in [1.54, 1.807) is 7.11 Å². The number of anilines is 1. The van der Waals surface area contributed by atoms with E-state index < -0.39 is 5.97 Å². The van der Waals surface area contributed by atoms with Gasteiger partial charge in [0.15, 0.2) is 10.8 Å². The third-order valence-corrected chi connectivity index (χ3v) is 3.03. The summed E-state index contributed by atoms with van der Waals surface area (Å²) in [6, 6.07) is 0. The average Bonchev–Trinajstić information content (AvgIpc) is 2.59. The first kappa shape index (κ1) is 11.9. The standard InChI is InChI=1S/C9H14N2O3S/c1-5(4-13-2)7-6(8(12)14-3)11-9(10)15-7/h5H,4H2,1-3H3,(H2,10,11). The van der Waals surface area contributed by atoms with Crippen LogP contribution in [0.25, 0.3) is 0 Å². The zero-order valence-electron chi connectivity index (χ0n) is 8.94. The van der Waals surface area contributed by atoms with Crippen LogP contribution in [-0.4, -0.2) is 31.8 Å². The maximum absolute atomic E-state index is 11.4. The van der Waals surface area contributed by atoms with Gasteiger partial charge in [-0.2, -0.15) is 0 Å². The average molecular weight is 230 g/mol. The van der Waals surface area contributed by atoms with Gasteiger partial charge in [0.05, 0.1) is 13.7 Å². The Kier molecular flexibility index (Phi) is 4.05. The molecule has 0 aliphatic rings. The van der Waals surface area contributed by atoms with Crippen molar-refractivity contribution >= 4 is 22.4 Å². The lowest BCUT2D eigenvalue weighted by Crippen LogP contribution is -2.09. The summed E-state index contributed by atoms with van der Waals surface area (Å²) in [7, 11) is 2.93. The quantitative estimate of drug-likeness (QED) is 0.788. The van der Waals surface area contributed by atoms with Crippen molar-refractivity contribution in [1.29, 1.82) is 0 Å². The van der Waals surface area contributed by atoms with Crippen LogP contribution in [0.3, 0.4) is 0 Å². The molecule has 1 heterocycles. The summed E-state index contributed by atoms with van der Waals surface area (Å²) >= 11 is 1.29. The van der Waals surface area contributed by atoms with Crippen molar-refractivity contribution in [3.63, 3.8) is 0 Å². The van der Waals surface area contributed by atoms with Gasteiger partial charge in [0, 0.05) is 17.9 Å². The van der Waals surface area contributed by atoms with Gasteiger partial charge in [0.1, 0.15) is 0 Å². The van der Waals surface area contributed by atoms with Crippen LogP contribution >= 0.6 is 11.3 Å². The minimum absolute atomic E-state index is 0.0823. The minimum atomic E-state index is -0.457. The summed E-state index contributed by atoms with van der Waals surface area (Å²) in [5.41, 5.74) is 5.86. The molecule has 0 fully saturated rings. The highest BCUT2D eigenvalue weighted by Gasteiger charge is 2.21. The molecule has 1 atom stereocenters. The maximum Gasteiger partial charge on any atom is 0.357 e. The summed E-state index contributed by atoms with van der Waals surface area (Å²) in [5.74, 6) is -0.375. The monoisotopic (exact) mass is 230 g/mol. The maximum atomic E-state index is 11.4. The number of methoxy groups -OCH3 is 2. The van der Waals surface area contributed by atoms with Gasteiger partial charge < -0.3 is 15.2 Å². The fourth-order valence-electron chi connectivity index (χ4n) is 1.25. The Balaban J connectivity index is 3.00. The second-order valence-corrected chi connectivity index (χ2v) is 4.18. The Bertz CT molecular complexity index is 351. The van der Waals surface area contributed by atoms with Gasteiger partial charge in [-0.15, -0.1) is 11.3 Å². The van der Waals surface area contributed by atoms with Crippen molar-refractivity contribution < 1.29 is 14.3 Å². The van der Waals surface area contributed by atoms with E-state index in [1.165, 1.54) is 18.4 Å². The molecular formula is C9H14N2O3S. The first-order chi connectivity index (χ1) is 7.10. The Morgan fingerprint density at radius 1 is 1.60 bits per heavy atom. The fraction of sp³-hybridized carbons (Fsp3) is 0.556. The number of thiazole rings is 1. The van der Waals surface area contributed by atoms with Crippen molar-refractivity contribution in [2.45, 2.75) is 12.8 Å². The van der Waals surface area contributed by atoms with Gasteiger partial charge in [-0.05, 0) is 0 Å². The van der Waals surface area contributed by atoms with E-state index in [-0.39, 0.29) is 5.92 Å². The van der Waals surface area contributed by atoms with Gasteiger partial charge in [-0.1, -0.05) is 6.92 Å². The first-order valence-electron chi connectivity index (χ1n) is 4.43. The number of aromatic nitrogens is 1. The number of nitrogen functional groups attached to an aromatic ring is 1.